The van der Waals surface area contributed by atoms with Gasteiger partial charge in [0.1, 0.15) is 0 Å². The standard InChI is InChI=1S/C15H16NO2/c1-18-15(17)11-13-5-7-14(8-6-13)12-16-9-3-2-4-10-16/h2-10H,11-12H2,1H3/q+1. The van der Waals surface area contributed by atoms with E-state index < -0.39 is 0 Å². The van der Waals surface area contributed by atoms with Crippen molar-refractivity contribution >= 4 is 5.97 Å². The van der Waals surface area contributed by atoms with Gasteiger partial charge < -0.3 is 4.74 Å². The van der Waals surface area contributed by atoms with Crippen LogP contribution in [0.3, 0.4) is 0 Å². The first-order chi connectivity index (χ1) is 8.78. The number of hydrogen-bond donors (Lipinski definition) is 0. The van der Waals surface area contributed by atoms with Crippen LogP contribution in [0.15, 0.2) is 54.9 Å². The molecule has 0 unspecified atom stereocenters. The molecule has 0 saturated carbocycles. The highest BCUT2D eigenvalue weighted by atomic mass is 16.5. The Morgan fingerprint density at radius 3 is 2.28 bits per heavy atom. The van der Waals surface area contributed by atoms with Gasteiger partial charge in [-0.05, 0) is 5.56 Å². The molecule has 1 aromatic heterocycles. The molecule has 3 heteroatoms. The third-order valence-electron chi connectivity index (χ3n) is 2.74. The number of carbonyl (C=O) groups excluding carboxylic acids is 1. The molecular weight excluding hydrogens is 226 g/mol. The van der Waals surface area contributed by atoms with Crippen molar-refractivity contribution in [2.24, 2.45) is 0 Å². The monoisotopic (exact) mass is 242 g/mol. The van der Waals surface area contributed by atoms with Gasteiger partial charge in [0, 0.05) is 17.7 Å². The average molecular weight is 242 g/mol. The van der Waals surface area contributed by atoms with E-state index in [9.17, 15) is 4.79 Å². The first-order valence-electron chi connectivity index (χ1n) is 5.86. The predicted octanol–water partition coefficient (Wildman–Crippen LogP) is 1.74. The molecule has 0 aliphatic rings. The molecule has 92 valence electrons. The van der Waals surface area contributed by atoms with Gasteiger partial charge in [0.2, 0.25) is 0 Å². The van der Waals surface area contributed by atoms with E-state index in [0.29, 0.717) is 6.42 Å². The number of methoxy groups -OCH3 is 1. The van der Waals surface area contributed by atoms with Gasteiger partial charge in [-0.25, -0.2) is 4.57 Å². The van der Waals surface area contributed by atoms with E-state index >= 15 is 0 Å². The van der Waals surface area contributed by atoms with E-state index in [4.69, 9.17) is 0 Å². The highest BCUT2D eigenvalue weighted by Gasteiger charge is 2.04. The maximum atomic E-state index is 11.1. The zero-order chi connectivity index (χ0) is 12.8. The summed E-state index contributed by atoms with van der Waals surface area (Å²) in [6.07, 6.45) is 4.39. The van der Waals surface area contributed by atoms with Crippen molar-refractivity contribution in [1.82, 2.24) is 0 Å². The number of ether oxygens (including phenoxy) is 1. The largest absolute Gasteiger partial charge is 0.469 e. The van der Waals surface area contributed by atoms with Crippen molar-refractivity contribution in [1.29, 1.82) is 0 Å². The topological polar surface area (TPSA) is 30.2 Å². The summed E-state index contributed by atoms with van der Waals surface area (Å²) in [4.78, 5) is 11.1. The molecule has 2 aromatic rings. The average Bonchev–Trinajstić information content (AvgIpc) is 2.42. The summed E-state index contributed by atoms with van der Waals surface area (Å²) in [5, 5.41) is 0. The zero-order valence-electron chi connectivity index (χ0n) is 10.4. The van der Waals surface area contributed by atoms with Gasteiger partial charge in [0.15, 0.2) is 18.9 Å². The predicted molar refractivity (Wildman–Crippen MR) is 67.9 cm³/mol. The summed E-state index contributed by atoms with van der Waals surface area (Å²) < 4.78 is 6.74. The first-order valence-corrected chi connectivity index (χ1v) is 5.86. The summed E-state index contributed by atoms with van der Waals surface area (Å²) in [5.41, 5.74) is 2.18. The fourth-order valence-corrected chi connectivity index (χ4v) is 1.75. The van der Waals surface area contributed by atoms with Gasteiger partial charge in [0.05, 0.1) is 13.5 Å². The first kappa shape index (κ1) is 12.3. The molecule has 0 amide bonds. The molecule has 0 saturated heterocycles. The van der Waals surface area contributed by atoms with Gasteiger partial charge in [-0.2, -0.15) is 0 Å². The molecule has 1 heterocycles. The number of carbonyl (C=O) groups is 1. The number of esters is 1. The molecule has 0 bridgehead atoms. The highest BCUT2D eigenvalue weighted by molar-refractivity contribution is 5.72. The SMILES string of the molecule is COC(=O)Cc1ccc(C[n+]2ccccc2)cc1. The van der Waals surface area contributed by atoms with Crippen LogP contribution in [0.5, 0.6) is 0 Å². The van der Waals surface area contributed by atoms with Crippen LogP contribution < -0.4 is 4.57 Å². The fourth-order valence-electron chi connectivity index (χ4n) is 1.75. The molecule has 1 aromatic carbocycles. The Bertz CT molecular complexity index is 506. The maximum absolute atomic E-state index is 11.1. The molecule has 0 atom stereocenters. The lowest BCUT2D eigenvalue weighted by Gasteiger charge is -2.01. The Labute approximate surface area is 107 Å². The minimum atomic E-state index is -0.208. The third kappa shape index (κ3) is 3.42. The van der Waals surface area contributed by atoms with Crippen molar-refractivity contribution in [3.8, 4) is 0 Å². The summed E-state index contributed by atoms with van der Waals surface area (Å²) in [6.45, 7) is 0.833. The molecule has 0 aliphatic heterocycles. The molecule has 3 nitrogen and oxygen atoms in total. The second kappa shape index (κ2) is 5.96. The third-order valence-corrected chi connectivity index (χ3v) is 2.74. The molecule has 0 aliphatic carbocycles. The van der Waals surface area contributed by atoms with Gasteiger partial charge in [0.25, 0.3) is 0 Å². The number of rotatable bonds is 4. The van der Waals surface area contributed by atoms with Crippen molar-refractivity contribution in [2.45, 2.75) is 13.0 Å². The summed E-state index contributed by atoms with van der Waals surface area (Å²) in [5.74, 6) is -0.208. The van der Waals surface area contributed by atoms with Crippen LogP contribution in [0.2, 0.25) is 0 Å². The van der Waals surface area contributed by atoms with Crippen LogP contribution in [0, 0.1) is 0 Å². The Kier molecular flexibility index (Phi) is 4.07. The fraction of sp³-hybridized carbons (Fsp3) is 0.200. The van der Waals surface area contributed by atoms with Crippen LogP contribution >= 0.6 is 0 Å². The van der Waals surface area contributed by atoms with Crippen LogP contribution in [-0.4, -0.2) is 13.1 Å². The Morgan fingerprint density at radius 2 is 1.67 bits per heavy atom. The van der Waals surface area contributed by atoms with Crippen molar-refractivity contribution in [3.63, 3.8) is 0 Å². The van der Waals surface area contributed by atoms with E-state index in [-0.39, 0.29) is 5.97 Å². The smallest absolute Gasteiger partial charge is 0.309 e. The van der Waals surface area contributed by atoms with Crippen LogP contribution in [0.25, 0.3) is 0 Å². The van der Waals surface area contributed by atoms with E-state index in [1.54, 1.807) is 0 Å². The number of nitrogens with zero attached hydrogens (tertiary/aromatic N) is 1. The lowest BCUT2D eigenvalue weighted by molar-refractivity contribution is -0.688. The molecule has 2 rings (SSSR count). The second-order valence-electron chi connectivity index (χ2n) is 4.12. The summed E-state index contributed by atoms with van der Waals surface area (Å²) in [6, 6.07) is 14.0. The molecule has 18 heavy (non-hydrogen) atoms. The van der Waals surface area contributed by atoms with Crippen molar-refractivity contribution in [2.75, 3.05) is 7.11 Å². The Morgan fingerprint density at radius 1 is 1.06 bits per heavy atom. The quantitative estimate of drug-likeness (QED) is 0.604. The normalized spacial score (nSPS) is 10.1. The van der Waals surface area contributed by atoms with Crippen molar-refractivity contribution in [3.05, 3.63) is 66.0 Å². The molecular formula is C15H16NO2+. The van der Waals surface area contributed by atoms with Crippen LogP contribution in [0.4, 0.5) is 0 Å². The molecule has 0 N–H and O–H groups in total. The number of aromatic nitrogens is 1. The van der Waals surface area contributed by atoms with E-state index in [1.165, 1.54) is 12.7 Å². The second-order valence-corrected chi connectivity index (χ2v) is 4.12. The van der Waals surface area contributed by atoms with Gasteiger partial charge in [-0.15, -0.1) is 0 Å². The molecule has 0 fully saturated rings. The Hall–Kier alpha value is -2.16. The summed E-state index contributed by atoms with van der Waals surface area (Å²) >= 11 is 0. The molecule has 0 radical (unpaired) electrons. The summed E-state index contributed by atoms with van der Waals surface area (Å²) in [7, 11) is 1.41. The zero-order valence-corrected chi connectivity index (χ0v) is 10.4. The lowest BCUT2D eigenvalue weighted by Crippen LogP contribution is -2.32. The minimum Gasteiger partial charge on any atom is -0.469 e. The Balaban J connectivity index is 2.02. The maximum Gasteiger partial charge on any atom is 0.309 e. The van der Waals surface area contributed by atoms with Crippen LogP contribution in [-0.2, 0) is 22.5 Å². The van der Waals surface area contributed by atoms with Crippen molar-refractivity contribution < 1.29 is 14.1 Å². The van der Waals surface area contributed by atoms with Crippen LogP contribution in [0.1, 0.15) is 11.1 Å². The number of pyridine rings is 1. The van der Waals surface area contributed by atoms with E-state index in [2.05, 4.69) is 9.30 Å². The van der Waals surface area contributed by atoms with E-state index in [0.717, 1.165) is 12.1 Å². The van der Waals surface area contributed by atoms with Gasteiger partial charge in [-0.3, -0.25) is 4.79 Å². The highest BCUT2D eigenvalue weighted by Crippen LogP contribution is 2.05. The molecule has 0 spiro atoms. The van der Waals surface area contributed by atoms with Gasteiger partial charge in [-0.1, -0.05) is 30.3 Å². The minimum absolute atomic E-state index is 0.208. The van der Waals surface area contributed by atoms with Gasteiger partial charge >= 0.3 is 5.97 Å². The van der Waals surface area contributed by atoms with E-state index in [1.807, 2.05) is 54.9 Å². The lowest BCUT2D eigenvalue weighted by atomic mass is 10.1. The number of benzene rings is 1. The number of hydrogen-bond acceptors (Lipinski definition) is 2.